The molecule has 0 aliphatic carbocycles. The molecule has 0 aliphatic rings. The van der Waals surface area contributed by atoms with Crippen molar-refractivity contribution < 1.29 is 14.3 Å². The van der Waals surface area contributed by atoms with Gasteiger partial charge < -0.3 is 19.9 Å². The third-order valence-electron chi connectivity index (χ3n) is 3.42. The molecule has 1 heterocycles. The van der Waals surface area contributed by atoms with Gasteiger partial charge in [0.1, 0.15) is 11.3 Å². The van der Waals surface area contributed by atoms with E-state index in [1.165, 1.54) is 0 Å². The second kappa shape index (κ2) is 7.54. The van der Waals surface area contributed by atoms with E-state index >= 15 is 0 Å². The molecule has 0 bridgehead atoms. The van der Waals surface area contributed by atoms with Gasteiger partial charge in [-0.25, -0.2) is 4.79 Å². The van der Waals surface area contributed by atoms with Gasteiger partial charge in [-0.05, 0) is 39.0 Å². The first-order valence-corrected chi connectivity index (χ1v) is 8.54. The molecule has 0 atom stereocenters. The van der Waals surface area contributed by atoms with Crippen molar-refractivity contribution in [3.05, 3.63) is 33.9 Å². The number of carbonyl (C=O) groups is 2. The fraction of sp³-hybridized carbons (Fsp3) is 0.412. The maximum atomic E-state index is 12.4. The lowest BCUT2D eigenvalue weighted by atomic mass is 10.2. The zero-order chi connectivity index (χ0) is 18.8. The summed E-state index contributed by atoms with van der Waals surface area (Å²) < 4.78 is 6.86. The van der Waals surface area contributed by atoms with Crippen LogP contribution >= 0.6 is 23.2 Å². The Bertz CT molecular complexity index is 810. The van der Waals surface area contributed by atoms with Crippen molar-refractivity contribution in [3.8, 4) is 0 Å². The summed E-state index contributed by atoms with van der Waals surface area (Å²) in [5, 5.41) is 6.90. The third-order valence-corrected chi connectivity index (χ3v) is 4.24. The lowest BCUT2D eigenvalue weighted by molar-refractivity contribution is 0.0526. The summed E-state index contributed by atoms with van der Waals surface area (Å²) >= 11 is 12.2. The molecule has 0 radical (unpaired) electrons. The highest BCUT2D eigenvalue weighted by Gasteiger charge is 2.17. The molecular formula is C17H21Cl2N3O3. The van der Waals surface area contributed by atoms with Crippen molar-refractivity contribution in [2.24, 2.45) is 7.05 Å². The van der Waals surface area contributed by atoms with Crippen molar-refractivity contribution in [2.75, 3.05) is 13.1 Å². The van der Waals surface area contributed by atoms with Gasteiger partial charge in [0.05, 0.1) is 10.0 Å². The third kappa shape index (κ3) is 4.80. The molecular weight excluding hydrogens is 365 g/mol. The number of hydrogen-bond donors (Lipinski definition) is 2. The van der Waals surface area contributed by atoms with Gasteiger partial charge >= 0.3 is 6.09 Å². The van der Waals surface area contributed by atoms with E-state index < -0.39 is 11.7 Å². The molecule has 1 aromatic heterocycles. The van der Waals surface area contributed by atoms with Crippen LogP contribution in [0.4, 0.5) is 4.79 Å². The van der Waals surface area contributed by atoms with Gasteiger partial charge in [-0.1, -0.05) is 23.2 Å². The number of rotatable bonds is 4. The first-order chi connectivity index (χ1) is 11.6. The number of nitrogens with zero attached hydrogens (tertiary/aromatic N) is 1. The van der Waals surface area contributed by atoms with Gasteiger partial charge in [0.2, 0.25) is 0 Å². The van der Waals surface area contributed by atoms with E-state index in [1.807, 2.05) is 6.07 Å². The molecule has 0 saturated carbocycles. The normalized spacial score (nSPS) is 11.4. The second-order valence-electron chi connectivity index (χ2n) is 6.57. The number of hydrogen-bond acceptors (Lipinski definition) is 3. The topological polar surface area (TPSA) is 72.4 Å². The van der Waals surface area contributed by atoms with Crippen molar-refractivity contribution in [1.29, 1.82) is 0 Å². The fourth-order valence-electron chi connectivity index (χ4n) is 2.31. The van der Waals surface area contributed by atoms with Crippen LogP contribution in [-0.2, 0) is 11.8 Å². The standard InChI is InChI=1S/C17H21Cl2N3O3/c1-17(2,3)25-16(24)21-8-7-20-15(23)13-9-10-12(22(13)4)6-5-11(18)14(10)19/h5-6,9H,7-8H2,1-4H3,(H,20,23)(H,21,24). The van der Waals surface area contributed by atoms with Crippen LogP contribution in [0.1, 0.15) is 31.3 Å². The number of halogens is 2. The molecule has 1 aromatic carbocycles. The summed E-state index contributed by atoms with van der Waals surface area (Å²) in [5.41, 5.74) is 0.708. The van der Waals surface area contributed by atoms with Crippen LogP contribution in [0.15, 0.2) is 18.2 Å². The molecule has 0 aliphatic heterocycles. The van der Waals surface area contributed by atoms with Gasteiger partial charge in [0.15, 0.2) is 0 Å². The van der Waals surface area contributed by atoms with Crippen LogP contribution in [-0.4, -0.2) is 35.3 Å². The first kappa shape index (κ1) is 19.4. The highest BCUT2D eigenvalue weighted by atomic mass is 35.5. The van der Waals surface area contributed by atoms with Gasteiger partial charge in [0.25, 0.3) is 5.91 Å². The highest BCUT2D eigenvalue weighted by molar-refractivity contribution is 6.45. The van der Waals surface area contributed by atoms with E-state index in [0.29, 0.717) is 21.1 Å². The van der Waals surface area contributed by atoms with E-state index in [-0.39, 0.29) is 19.0 Å². The molecule has 2 rings (SSSR count). The Kier molecular flexibility index (Phi) is 5.85. The van der Waals surface area contributed by atoms with Crippen molar-refractivity contribution in [3.63, 3.8) is 0 Å². The summed E-state index contributed by atoms with van der Waals surface area (Å²) in [4.78, 5) is 23.9. The Labute approximate surface area is 156 Å². The quantitative estimate of drug-likeness (QED) is 0.787. The number of aromatic nitrogens is 1. The van der Waals surface area contributed by atoms with E-state index in [2.05, 4.69) is 10.6 Å². The average molecular weight is 386 g/mol. The molecule has 2 aromatic rings. The van der Waals surface area contributed by atoms with Gasteiger partial charge in [0, 0.05) is 31.0 Å². The summed E-state index contributed by atoms with van der Waals surface area (Å²) in [6.45, 7) is 5.88. The van der Waals surface area contributed by atoms with Crippen LogP contribution in [0.25, 0.3) is 10.9 Å². The Morgan fingerprint density at radius 1 is 1.16 bits per heavy atom. The minimum atomic E-state index is -0.559. The summed E-state index contributed by atoms with van der Waals surface area (Å²) in [5.74, 6) is -0.267. The molecule has 136 valence electrons. The molecule has 0 spiro atoms. The van der Waals surface area contributed by atoms with Crippen molar-refractivity contribution in [1.82, 2.24) is 15.2 Å². The van der Waals surface area contributed by atoms with Crippen molar-refractivity contribution in [2.45, 2.75) is 26.4 Å². The smallest absolute Gasteiger partial charge is 0.407 e. The van der Waals surface area contributed by atoms with Gasteiger partial charge in [-0.3, -0.25) is 4.79 Å². The highest BCUT2D eigenvalue weighted by Crippen LogP contribution is 2.32. The minimum absolute atomic E-state index is 0.261. The molecule has 8 heteroatoms. The minimum Gasteiger partial charge on any atom is -0.444 e. The number of alkyl carbamates (subject to hydrolysis) is 1. The zero-order valence-electron chi connectivity index (χ0n) is 14.6. The summed E-state index contributed by atoms with van der Waals surface area (Å²) in [7, 11) is 1.78. The SMILES string of the molecule is Cn1c(C(=O)NCCNC(=O)OC(C)(C)C)cc2c(Cl)c(Cl)ccc21. The van der Waals surface area contributed by atoms with E-state index in [1.54, 1.807) is 44.5 Å². The number of aryl methyl sites for hydroxylation is 1. The van der Waals surface area contributed by atoms with E-state index in [9.17, 15) is 9.59 Å². The number of benzene rings is 1. The number of ether oxygens (including phenoxy) is 1. The Morgan fingerprint density at radius 3 is 2.44 bits per heavy atom. The average Bonchev–Trinajstić information content (AvgIpc) is 2.83. The van der Waals surface area contributed by atoms with Crippen LogP contribution < -0.4 is 10.6 Å². The number of nitrogens with one attached hydrogen (secondary N) is 2. The lowest BCUT2D eigenvalue weighted by Gasteiger charge is -2.19. The first-order valence-electron chi connectivity index (χ1n) is 7.78. The molecule has 2 N–H and O–H groups in total. The van der Waals surface area contributed by atoms with E-state index in [0.717, 1.165) is 5.52 Å². The zero-order valence-corrected chi connectivity index (χ0v) is 16.1. The fourth-order valence-corrected chi connectivity index (χ4v) is 2.69. The molecule has 0 saturated heterocycles. The molecule has 6 nitrogen and oxygen atoms in total. The largest absolute Gasteiger partial charge is 0.444 e. The maximum absolute atomic E-state index is 12.4. The van der Waals surface area contributed by atoms with Crippen LogP contribution in [0, 0.1) is 0 Å². The lowest BCUT2D eigenvalue weighted by Crippen LogP contribution is -2.38. The van der Waals surface area contributed by atoms with Gasteiger partial charge in [-0.15, -0.1) is 0 Å². The van der Waals surface area contributed by atoms with Gasteiger partial charge in [-0.2, -0.15) is 0 Å². The summed E-state index contributed by atoms with van der Waals surface area (Å²) in [6, 6.07) is 5.20. The van der Waals surface area contributed by atoms with Crippen LogP contribution in [0.3, 0.4) is 0 Å². The number of amides is 2. The number of fused-ring (bicyclic) bond motifs is 1. The Morgan fingerprint density at radius 2 is 1.80 bits per heavy atom. The molecule has 0 unspecified atom stereocenters. The molecule has 25 heavy (non-hydrogen) atoms. The molecule has 0 fully saturated rings. The van der Waals surface area contributed by atoms with Crippen LogP contribution in [0.2, 0.25) is 10.0 Å². The predicted molar refractivity (Wildman–Crippen MR) is 99.5 cm³/mol. The van der Waals surface area contributed by atoms with E-state index in [4.69, 9.17) is 27.9 Å². The maximum Gasteiger partial charge on any atom is 0.407 e. The monoisotopic (exact) mass is 385 g/mol. The second-order valence-corrected chi connectivity index (χ2v) is 7.35. The predicted octanol–water partition coefficient (Wildman–Crippen LogP) is 3.74. The summed E-state index contributed by atoms with van der Waals surface area (Å²) in [6.07, 6.45) is -0.521. The van der Waals surface area contributed by atoms with Crippen LogP contribution in [0.5, 0.6) is 0 Å². The Hall–Kier alpha value is -1.92. The number of carbonyl (C=O) groups excluding carboxylic acids is 2. The van der Waals surface area contributed by atoms with Crippen molar-refractivity contribution >= 4 is 46.1 Å². The molecule has 2 amide bonds. The Balaban J connectivity index is 1.96.